The number of carbonyl (C=O) groups excluding carboxylic acids is 1. The summed E-state index contributed by atoms with van der Waals surface area (Å²) in [6.45, 7) is 5.61. The van der Waals surface area contributed by atoms with E-state index >= 15 is 0 Å². The van der Waals surface area contributed by atoms with Crippen LogP contribution in [-0.2, 0) is 0 Å². The summed E-state index contributed by atoms with van der Waals surface area (Å²) in [5, 5.41) is 7.20. The van der Waals surface area contributed by atoms with Crippen LogP contribution >= 0.6 is 11.6 Å². The van der Waals surface area contributed by atoms with Crippen molar-refractivity contribution < 1.29 is 4.79 Å². The molecule has 1 amide bonds. The van der Waals surface area contributed by atoms with Gasteiger partial charge in [-0.2, -0.15) is 5.10 Å². The molecule has 2 heterocycles. The molecule has 0 atom stereocenters. The molecule has 0 radical (unpaired) electrons. The maximum Gasteiger partial charge on any atom is 0.253 e. The predicted octanol–water partition coefficient (Wildman–Crippen LogP) is 4.59. The van der Waals surface area contributed by atoms with E-state index in [0.29, 0.717) is 16.6 Å². The Balaban J connectivity index is 1.51. The second kappa shape index (κ2) is 6.61. The number of H-pyrrole nitrogens is 1. The smallest absolute Gasteiger partial charge is 0.253 e. The van der Waals surface area contributed by atoms with Crippen LogP contribution in [0.3, 0.4) is 0 Å². The highest BCUT2D eigenvalue weighted by Gasteiger charge is 2.32. The van der Waals surface area contributed by atoms with Gasteiger partial charge < -0.3 is 4.90 Å². The molecule has 2 aromatic carbocycles. The van der Waals surface area contributed by atoms with Crippen LogP contribution in [0.4, 0.5) is 0 Å². The lowest BCUT2D eigenvalue weighted by atomic mass is 9.90. The number of amides is 1. The topological polar surface area (TPSA) is 49.0 Å². The van der Waals surface area contributed by atoms with Crippen LogP contribution < -0.4 is 0 Å². The van der Waals surface area contributed by atoms with Gasteiger partial charge in [-0.25, -0.2) is 0 Å². The Morgan fingerprint density at radius 3 is 2.50 bits per heavy atom. The highest BCUT2D eigenvalue weighted by atomic mass is 35.5. The molecular weight excluding hydrogens is 346 g/mol. The molecule has 3 aromatic rings. The molecule has 0 aliphatic carbocycles. The summed E-state index contributed by atoms with van der Waals surface area (Å²) in [5.41, 5.74) is 6.06. The highest BCUT2D eigenvalue weighted by molar-refractivity contribution is 6.32. The molecule has 26 heavy (non-hydrogen) atoms. The number of aromatic nitrogens is 2. The van der Waals surface area contributed by atoms with Gasteiger partial charge in [0, 0.05) is 30.1 Å². The van der Waals surface area contributed by atoms with Crippen LogP contribution in [0.15, 0.2) is 48.7 Å². The molecule has 1 fully saturated rings. The fourth-order valence-corrected chi connectivity index (χ4v) is 3.58. The molecule has 1 saturated heterocycles. The molecule has 0 bridgehead atoms. The Kier molecular flexibility index (Phi) is 4.29. The molecule has 1 N–H and O–H groups in total. The van der Waals surface area contributed by atoms with Gasteiger partial charge in [0.25, 0.3) is 5.91 Å². The number of aromatic amines is 1. The average Bonchev–Trinajstić information content (AvgIpc) is 3.01. The zero-order chi connectivity index (χ0) is 18.3. The summed E-state index contributed by atoms with van der Waals surface area (Å²) in [6.07, 6.45) is 1.69. The van der Waals surface area contributed by atoms with Gasteiger partial charge >= 0.3 is 0 Å². The third-order valence-electron chi connectivity index (χ3n) is 5.09. The number of aryl methyl sites for hydroxylation is 2. The van der Waals surface area contributed by atoms with Crippen molar-refractivity contribution >= 4 is 17.5 Å². The summed E-state index contributed by atoms with van der Waals surface area (Å²) in [6, 6.07) is 14.3. The SMILES string of the molecule is Cc1ccc(C2CN(C(=O)c3ccc(C)c(-c4cn[nH]c4Cl)c3)C2)cc1. The minimum absolute atomic E-state index is 0.0641. The van der Waals surface area contributed by atoms with E-state index in [1.165, 1.54) is 11.1 Å². The number of carbonyl (C=O) groups is 1. The molecule has 1 aromatic heterocycles. The van der Waals surface area contributed by atoms with Crippen molar-refractivity contribution in [3.63, 3.8) is 0 Å². The normalized spacial score (nSPS) is 14.3. The van der Waals surface area contributed by atoms with E-state index in [9.17, 15) is 4.79 Å². The maximum absolute atomic E-state index is 12.8. The van der Waals surface area contributed by atoms with Gasteiger partial charge in [0.1, 0.15) is 5.15 Å². The van der Waals surface area contributed by atoms with Crippen molar-refractivity contribution in [3.8, 4) is 11.1 Å². The Hall–Kier alpha value is -2.59. The van der Waals surface area contributed by atoms with Crippen molar-refractivity contribution in [2.45, 2.75) is 19.8 Å². The average molecular weight is 366 g/mol. The van der Waals surface area contributed by atoms with Gasteiger partial charge in [-0.05, 0) is 42.7 Å². The zero-order valence-electron chi connectivity index (χ0n) is 14.8. The number of nitrogens with one attached hydrogen (secondary N) is 1. The largest absolute Gasteiger partial charge is 0.337 e. The second-order valence-electron chi connectivity index (χ2n) is 6.95. The number of benzene rings is 2. The quantitative estimate of drug-likeness (QED) is 0.738. The molecule has 0 unspecified atom stereocenters. The summed E-state index contributed by atoms with van der Waals surface area (Å²) < 4.78 is 0. The number of halogens is 1. The first-order valence-corrected chi connectivity index (χ1v) is 9.06. The van der Waals surface area contributed by atoms with Crippen LogP contribution in [0.2, 0.25) is 5.15 Å². The molecule has 0 saturated carbocycles. The van der Waals surface area contributed by atoms with Gasteiger partial charge in [-0.3, -0.25) is 9.89 Å². The van der Waals surface area contributed by atoms with E-state index in [1.807, 2.05) is 30.0 Å². The summed E-state index contributed by atoms with van der Waals surface area (Å²) in [4.78, 5) is 14.7. The van der Waals surface area contributed by atoms with Gasteiger partial charge in [0.15, 0.2) is 0 Å². The first kappa shape index (κ1) is 16.9. The minimum atomic E-state index is 0.0641. The van der Waals surface area contributed by atoms with Crippen molar-refractivity contribution in [1.82, 2.24) is 15.1 Å². The van der Waals surface area contributed by atoms with E-state index in [0.717, 1.165) is 29.8 Å². The molecule has 4 nitrogen and oxygen atoms in total. The fourth-order valence-electron chi connectivity index (χ4n) is 3.38. The van der Waals surface area contributed by atoms with E-state index < -0.39 is 0 Å². The minimum Gasteiger partial charge on any atom is -0.337 e. The molecular formula is C21H20ClN3O. The van der Waals surface area contributed by atoms with E-state index in [4.69, 9.17) is 11.6 Å². The van der Waals surface area contributed by atoms with Gasteiger partial charge in [-0.1, -0.05) is 47.5 Å². The number of rotatable bonds is 3. The number of nitrogens with zero attached hydrogens (tertiary/aromatic N) is 2. The van der Waals surface area contributed by atoms with Crippen molar-refractivity contribution in [3.05, 3.63) is 76.1 Å². The zero-order valence-corrected chi connectivity index (χ0v) is 15.5. The first-order chi connectivity index (χ1) is 12.5. The third-order valence-corrected chi connectivity index (χ3v) is 5.37. The Labute approximate surface area is 157 Å². The van der Waals surface area contributed by atoms with E-state index in [2.05, 4.69) is 41.4 Å². The number of likely N-dealkylation sites (tertiary alicyclic amines) is 1. The van der Waals surface area contributed by atoms with Crippen LogP contribution in [-0.4, -0.2) is 34.1 Å². The Bertz CT molecular complexity index is 956. The maximum atomic E-state index is 12.8. The first-order valence-electron chi connectivity index (χ1n) is 8.68. The molecule has 1 aliphatic rings. The molecule has 5 heteroatoms. The summed E-state index contributed by atoms with van der Waals surface area (Å²) >= 11 is 6.16. The molecule has 132 valence electrons. The lowest BCUT2D eigenvalue weighted by Crippen LogP contribution is -2.48. The number of hydrogen-bond acceptors (Lipinski definition) is 2. The predicted molar refractivity (Wildman–Crippen MR) is 104 cm³/mol. The van der Waals surface area contributed by atoms with Crippen LogP contribution in [0, 0.1) is 13.8 Å². The third kappa shape index (κ3) is 3.01. The van der Waals surface area contributed by atoms with E-state index in [-0.39, 0.29) is 5.91 Å². The van der Waals surface area contributed by atoms with Crippen LogP contribution in [0.1, 0.15) is 33.0 Å². The van der Waals surface area contributed by atoms with Crippen LogP contribution in [0.25, 0.3) is 11.1 Å². The highest BCUT2D eigenvalue weighted by Crippen LogP contribution is 2.32. The molecule has 4 rings (SSSR count). The standard InChI is InChI=1S/C21H20ClN3O/c1-13-3-6-15(7-4-13)17-11-25(12-17)21(26)16-8-5-14(2)18(9-16)19-10-23-24-20(19)22/h3-10,17H,11-12H2,1-2H3,(H,23,24). The monoisotopic (exact) mass is 365 g/mol. The van der Waals surface area contributed by atoms with Gasteiger partial charge in [0.05, 0.1) is 6.20 Å². The van der Waals surface area contributed by atoms with E-state index in [1.54, 1.807) is 6.20 Å². The van der Waals surface area contributed by atoms with Crippen LogP contribution in [0.5, 0.6) is 0 Å². The molecule has 1 aliphatic heterocycles. The molecule has 0 spiro atoms. The second-order valence-corrected chi connectivity index (χ2v) is 7.32. The van der Waals surface area contributed by atoms with Crippen molar-refractivity contribution in [2.24, 2.45) is 0 Å². The van der Waals surface area contributed by atoms with Crippen molar-refractivity contribution in [1.29, 1.82) is 0 Å². The summed E-state index contributed by atoms with van der Waals surface area (Å²) in [7, 11) is 0. The Morgan fingerprint density at radius 2 is 1.85 bits per heavy atom. The van der Waals surface area contributed by atoms with Gasteiger partial charge in [0.2, 0.25) is 0 Å². The lowest BCUT2D eigenvalue weighted by Gasteiger charge is -2.39. The Morgan fingerprint density at radius 1 is 1.12 bits per heavy atom. The summed E-state index contributed by atoms with van der Waals surface area (Å²) in [5.74, 6) is 0.488. The van der Waals surface area contributed by atoms with Gasteiger partial charge in [-0.15, -0.1) is 0 Å². The van der Waals surface area contributed by atoms with Crippen molar-refractivity contribution in [2.75, 3.05) is 13.1 Å². The fraction of sp³-hybridized carbons (Fsp3) is 0.238. The lowest BCUT2D eigenvalue weighted by molar-refractivity contribution is 0.0602. The number of hydrogen-bond donors (Lipinski definition) is 1.